The summed E-state index contributed by atoms with van der Waals surface area (Å²) in [6.45, 7) is 6.69. The van der Waals surface area contributed by atoms with Crippen molar-refractivity contribution in [3.63, 3.8) is 0 Å². The molecule has 4 nitrogen and oxygen atoms in total. The first-order valence-electron chi connectivity index (χ1n) is 7.03. The first kappa shape index (κ1) is 15.9. The van der Waals surface area contributed by atoms with E-state index in [1.54, 1.807) is 15.6 Å². The van der Waals surface area contributed by atoms with Crippen LogP contribution in [-0.4, -0.2) is 43.8 Å². The van der Waals surface area contributed by atoms with Crippen LogP contribution in [0.2, 0.25) is 0 Å². The van der Waals surface area contributed by atoms with Gasteiger partial charge in [0.25, 0.3) is 0 Å². The lowest BCUT2D eigenvalue weighted by molar-refractivity contribution is 0.0906. The number of hydrogen-bond acceptors (Lipinski definition) is 4. The van der Waals surface area contributed by atoms with Gasteiger partial charge in [0.1, 0.15) is 0 Å². The summed E-state index contributed by atoms with van der Waals surface area (Å²) < 4.78 is 31.8. The predicted molar refractivity (Wildman–Crippen MR) is 82.7 cm³/mol. The molecule has 2 atom stereocenters. The molecule has 0 saturated carbocycles. The minimum Gasteiger partial charge on any atom is -0.378 e. The van der Waals surface area contributed by atoms with Crippen LogP contribution in [0.15, 0.2) is 16.8 Å². The molecule has 0 bridgehead atoms. The van der Waals surface area contributed by atoms with Crippen molar-refractivity contribution >= 4 is 21.4 Å². The first-order chi connectivity index (χ1) is 9.40. The average Bonchev–Trinajstić information content (AvgIpc) is 2.96. The quantitative estimate of drug-likeness (QED) is 0.810. The molecule has 1 aromatic rings. The summed E-state index contributed by atoms with van der Waals surface area (Å²) in [5, 5.41) is 4.17. The maximum absolute atomic E-state index is 12.4. The Morgan fingerprint density at radius 2 is 2.25 bits per heavy atom. The van der Waals surface area contributed by atoms with Crippen molar-refractivity contribution in [3.8, 4) is 0 Å². The van der Waals surface area contributed by atoms with Gasteiger partial charge in [-0.2, -0.15) is 15.6 Å². The minimum absolute atomic E-state index is 0.0692. The molecule has 2 rings (SSSR count). The van der Waals surface area contributed by atoms with E-state index >= 15 is 0 Å². The van der Waals surface area contributed by atoms with Crippen molar-refractivity contribution < 1.29 is 13.2 Å². The van der Waals surface area contributed by atoms with Crippen molar-refractivity contribution in [2.45, 2.75) is 45.3 Å². The molecule has 0 radical (unpaired) electrons. The van der Waals surface area contributed by atoms with Gasteiger partial charge in [0.2, 0.25) is 10.0 Å². The third-order valence-corrected chi connectivity index (χ3v) is 6.29. The van der Waals surface area contributed by atoms with E-state index in [2.05, 4.69) is 11.4 Å². The van der Waals surface area contributed by atoms with Gasteiger partial charge in [-0.15, -0.1) is 0 Å². The van der Waals surface area contributed by atoms with Crippen LogP contribution in [0.1, 0.15) is 38.7 Å². The topological polar surface area (TPSA) is 46.6 Å². The molecule has 0 N–H and O–H groups in total. The largest absolute Gasteiger partial charge is 0.378 e. The molecule has 0 unspecified atom stereocenters. The maximum Gasteiger partial charge on any atom is 0.216 e. The zero-order valence-corrected chi connectivity index (χ0v) is 13.9. The van der Waals surface area contributed by atoms with Gasteiger partial charge in [-0.25, -0.2) is 8.42 Å². The molecule has 6 heteroatoms. The maximum atomic E-state index is 12.4. The van der Waals surface area contributed by atoms with E-state index in [9.17, 15) is 8.42 Å². The summed E-state index contributed by atoms with van der Waals surface area (Å²) in [6, 6.07) is 2.17. The van der Waals surface area contributed by atoms with Crippen molar-refractivity contribution in [1.29, 1.82) is 0 Å². The molecular weight excluding hydrogens is 294 g/mol. The van der Waals surface area contributed by atoms with Gasteiger partial charge < -0.3 is 4.74 Å². The van der Waals surface area contributed by atoms with Crippen LogP contribution in [0.3, 0.4) is 0 Å². The van der Waals surface area contributed by atoms with Crippen molar-refractivity contribution in [3.05, 3.63) is 22.4 Å². The second kappa shape index (κ2) is 6.56. The van der Waals surface area contributed by atoms with E-state index < -0.39 is 10.0 Å². The Kier molecular flexibility index (Phi) is 5.23. The van der Waals surface area contributed by atoms with Crippen LogP contribution in [-0.2, 0) is 14.8 Å². The molecule has 0 aliphatic carbocycles. The van der Waals surface area contributed by atoms with Crippen LogP contribution >= 0.6 is 11.3 Å². The molecule has 114 valence electrons. The highest BCUT2D eigenvalue weighted by atomic mass is 32.2. The highest BCUT2D eigenvalue weighted by Gasteiger charge is 2.37. The molecule has 20 heavy (non-hydrogen) atoms. The van der Waals surface area contributed by atoms with E-state index in [-0.39, 0.29) is 24.5 Å². The molecule has 1 aromatic heterocycles. The molecular formula is C14H23NO3S2. The molecule has 1 saturated heterocycles. The smallest absolute Gasteiger partial charge is 0.216 e. The summed E-state index contributed by atoms with van der Waals surface area (Å²) in [6.07, 6.45) is 0.973. The van der Waals surface area contributed by atoms with E-state index in [1.807, 2.05) is 26.2 Å². The van der Waals surface area contributed by atoms with Crippen LogP contribution in [0.4, 0.5) is 0 Å². The fourth-order valence-corrected chi connectivity index (χ4v) is 4.97. The van der Waals surface area contributed by atoms with Gasteiger partial charge in [0.05, 0.1) is 18.5 Å². The average molecular weight is 317 g/mol. The van der Waals surface area contributed by atoms with Crippen LogP contribution in [0, 0.1) is 0 Å². The molecule has 0 amide bonds. The van der Waals surface area contributed by atoms with E-state index in [1.165, 1.54) is 5.56 Å². The van der Waals surface area contributed by atoms with Gasteiger partial charge in [-0.1, -0.05) is 0 Å². The number of sulfonamides is 1. The SMILES string of the molecule is CC(C)OCCS(=O)(=O)N1C[C@H](c2ccsc2)C[C@H]1C. The molecule has 2 heterocycles. The van der Waals surface area contributed by atoms with Crippen molar-refractivity contribution in [1.82, 2.24) is 4.31 Å². The fourth-order valence-electron chi connectivity index (χ4n) is 2.64. The predicted octanol–water partition coefficient (Wildman–Crippen LogP) is 2.68. The lowest BCUT2D eigenvalue weighted by Crippen LogP contribution is -2.37. The van der Waals surface area contributed by atoms with Crippen LogP contribution < -0.4 is 0 Å². The second-order valence-electron chi connectivity index (χ2n) is 5.64. The van der Waals surface area contributed by atoms with Crippen LogP contribution in [0.5, 0.6) is 0 Å². The summed E-state index contributed by atoms with van der Waals surface area (Å²) in [7, 11) is -3.22. The second-order valence-corrected chi connectivity index (χ2v) is 8.46. The van der Waals surface area contributed by atoms with Gasteiger partial charge in [-0.05, 0) is 49.6 Å². The molecule has 1 aliphatic rings. The number of thiophene rings is 1. The highest BCUT2D eigenvalue weighted by Crippen LogP contribution is 2.34. The summed E-state index contributed by atoms with van der Waals surface area (Å²) in [5.74, 6) is 0.406. The summed E-state index contributed by atoms with van der Waals surface area (Å²) in [5.41, 5.74) is 1.26. The van der Waals surface area contributed by atoms with Crippen LogP contribution in [0.25, 0.3) is 0 Å². The Morgan fingerprint density at radius 3 is 2.85 bits per heavy atom. The normalized spacial score (nSPS) is 24.6. The first-order valence-corrected chi connectivity index (χ1v) is 9.58. The minimum atomic E-state index is -3.22. The Morgan fingerprint density at radius 1 is 1.50 bits per heavy atom. The highest BCUT2D eigenvalue weighted by molar-refractivity contribution is 7.89. The van der Waals surface area contributed by atoms with Gasteiger partial charge in [-0.3, -0.25) is 0 Å². The molecule has 1 fully saturated rings. The summed E-state index contributed by atoms with van der Waals surface area (Å²) in [4.78, 5) is 0. The monoisotopic (exact) mass is 317 g/mol. The third kappa shape index (κ3) is 3.81. The fraction of sp³-hybridized carbons (Fsp3) is 0.714. The number of hydrogen-bond donors (Lipinski definition) is 0. The number of ether oxygens (including phenoxy) is 1. The van der Waals surface area contributed by atoms with Gasteiger partial charge >= 0.3 is 0 Å². The number of rotatable bonds is 6. The van der Waals surface area contributed by atoms with Gasteiger partial charge in [0, 0.05) is 18.5 Å². The zero-order valence-electron chi connectivity index (χ0n) is 12.3. The molecule has 0 aromatic carbocycles. The van der Waals surface area contributed by atoms with E-state index in [4.69, 9.17) is 4.74 Å². The zero-order chi connectivity index (χ0) is 14.8. The molecule has 0 spiro atoms. The van der Waals surface area contributed by atoms with Gasteiger partial charge in [0.15, 0.2) is 0 Å². The Balaban J connectivity index is 1.98. The third-order valence-electron chi connectivity index (χ3n) is 3.68. The lowest BCUT2D eigenvalue weighted by Gasteiger charge is -2.21. The number of nitrogens with zero attached hydrogens (tertiary/aromatic N) is 1. The standard InChI is InChI=1S/C14H23NO3S2/c1-11(2)18-5-7-20(16,17)15-9-14(8-12(15)3)13-4-6-19-10-13/h4,6,10-12,14H,5,7-9H2,1-3H3/t12-,14-/m1/s1. The van der Waals surface area contributed by atoms with Crippen molar-refractivity contribution in [2.24, 2.45) is 0 Å². The Labute approximate surface area is 125 Å². The van der Waals surface area contributed by atoms with Crippen molar-refractivity contribution in [2.75, 3.05) is 18.9 Å². The summed E-state index contributed by atoms with van der Waals surface area (Å²) >= 11 is 1.67. The Bertz CT molecular complexity index is 511. The van der Waals surface area contributed by atoms with E-state index in [0.717, 1.165) is 6.42 Å². The van der Waals surface area contributed by atoms with E-state index in [0.29, 0.717) is 12.5 Å². The Hall–Kier alpha value is -0.430. The molecule has 1 aliphatic heterocycles. The lowest BCUT2D eigenvalue weighted by atomic mass is 10.00.